The van der Waals surface area contributed by atoms with Gasteiger partial charge in [-0.3, -0.25) is 0 Å². The van der Waals surface area contributed by atoms with Gasteiger partial charge in [0, 0.05) is 25.2 Å². The lowest BCUT2D eigenvalue weighted by molar-refractivity contribution is 0.241. The zero-order valence-corrected chi connectivity index (χ0v) is 20.2. The first-order valence-electron chi connectivity index (χ1n) is 9.47. The molecule has 7 heteroatoms. The van der Waals surface area contributed by atoms with Crippen LogP contribution in [-0.4, -0.2) is 49.6 Å². The fraction of sp³-hybridized carbons (Fsp3) is 0.524. The Kier molecular flexibility index (Phi) is 9.95. The van der Waals surface area contributed by atoms with Crippen LogP contribution >= 0.6 is 24.0 Å². The second-order valence-corrected chi connectivity index (χ2v) is 7.96. The van der Waals surface area contributed by atoms with Gasteiger partial charge in [-0.1, -0.05) is 31.5 Å². The standard InChI is InChI=1S/C21H33N5O.HI/c1-7-22-20(24-14-21(3,4)15-26(5)6)23-12-18-13-27-19(25-18)17-10-8-16(2)9-11-17;/h8-11,13H,7,12,14-15H2,1-6H3,(H2,22,23,24);1H. The topological polar surface area (TPSA) is 65.7 Å². The van der Waals surface area contributed by atoms with Gasteiger partial charge in [-0.2, -0.15) is 0 Å². The molecule has 1 aromatic carbocycles. The number of rotatable bonds is 8. The highest BCUT2D eigenvalue weighted by atomic mass is 127. The van der Waals surface area contributed by atoms with Crippen LogP contribution in [0.3, 0.4) is 0 Å². The molecule has 0 aliphatic carbocycles. The van der Waals surface area contributed by atoms with E-state index < -0.39 is 0 Å². The van der Waals surface area contributed by atoms with Crippen molar-refractivity contribution in [3.05, 3.63) is 41.8 Å². The molecule has 2 rings (SSSR count). The van der Waals surface area contributed by atoms with Crippen molar-refractivity contribution >= 4 is 29.9 Å². The number of hydrogen-bond donors (Lipinski definition) is 2. The molecule has 0 bridgehead atoms. The van der Waals surface area contributed by atoms with E-state index in [9.17, 15) is 0 Å². The molecule has 1 aromatic heterocycles. The number of nitrogens with zero attached hydrogens (tertiary/aromatic N) is 3. The van der Waals surface area contributed by atoms with E-state index >= 15 is 0 Å². The van der Waals surface area contributed by atoms with Gasteiger partial charge in [-0.15, -0.1) is 24.0 Å². The Balaban J connectivity index is 0.00000392. The minimum absolute atomic E-state index is 0. The number of aryl methyl sites for hydroxylation is 1. The zero-order valence-electron chi connectivity index (χ0n) is 17.9. The van der Waals surface area contributed by atoms with Crippen LogP contribution in [0.15, 0.2) is 39.9 Å². The van der Waals surface area contributed by atoms with E-state index in [1.165, 1.54) is 5.56 Å². The van der Waals surface area contributed by atoms with Crippen LogP contribution in [0, 0.1) is 12.3 Å². The Morgan fingerprint density at radius 1 is 1.18 bits per heavy atom. The molecule has 0 atom stereocenters. The highest BCUT2D eigenvalue weighted by molar-refractivity contribution is 14.0. The SMILES string of the molecule is CCNC(=NCc1coc(-c2ccc(C)cc2)n1)NCC(C)(C)CN(C)C.I. The summed E-state index contributed by atoms with van der Waals surface area (Å²) in [6.07, 6.45) is 1.68. The fourth-order valence-corrected chi connectivity index (χ4v) is 2.95. The van der Waals surface area contributed by atoms with E-state index in [2.05, 4.69) is 79.4 Å². The maximum atomic E-state index is 5.61. The largest absolute Gasteiger partial charge is 0.444 e. The lowest BCUT2D eigenvalue weighted by Gasteiger charge is -2.29. The summed E-state index contributed by atoms with van der Waals surface area (Å²) in [4.78, 5) is 11.4. The molecule has 156 valence electrons. The van der Waals surface area contributed by atoms with E-state index in [1.54, 1.807) is 6.26 Å². The summed E-state index contributed by atoms with van der Waals surface area (Å²) in [7, 11) is 4.19. The van der Waals surface area contributed by atoms with Crippen molar-refractivity contribution in [2.24, 2.45) is 10.4 Å². The average molecular weight is 499 g/mol. The predicted octanol–water partition coefficient (Wildman–Crippen LogP) is 3.91. The van der Waals surface area contributed by atoms with Gasteiger partial charge in [0.25, 0.3) is 0 Å². The first kappa shape index (κ1) is 24.4. The molecule has 1 heterocycles. The summed E-state index contributed by atoms with van der Waals surface area (Å²) in [5, 5.41) is 6.73. The third kappa shape index (κ3) is 8.18. The number of oxazole rings is 1. The van der Waals surface area contributed by atoms with Gasteiger partial charge in [0.05, 0.1) is 6.54 Å². The molecule has 2 aromatic rings. The molecular weight excluding hydrogens is 465 g/mol. The van der Waals surface area contributed by atoms with Crippen molar-refractivity contribution in [1.29, 1.82) is 0 Å². The highest BCUT2D eigenvalue weighted by Crippen LogP contribution is 2.19. The lowest BCUT2D eigenvalue weighted by atomic mass is 9.93. The van der Waals surface area contributed by atoms with Gasteiger partial charge in [-0.05, 0) is 45.5 Å². The van der Waals surface area contributed by atoms with E-state index in [0.29, 0.717) is 12.4 Å². The summed E-state index contributed by atoms with van der Waals surface area (Å²) in [5.74, 6) is 1.43. The minimum Gasteiger partial charge on any atom is -0.444 e. The summed E-state index contributed by atoms with van der Waals surface area (Å²) in [6.45, 7) is 11.7. The van der Waals surface area contributed by atoms with E-state index in [4.69, 9.17) is 4.42 Å². The summed E-state index contributed by atoms with van der Waals surface area (Å²) in [6, 6.07) is 8.15. The first-order chi connectivity index (χ1) is 12.8. The molecule has 0 aliphatic heterocycles. The molecule has 0 radical (unpaired) electrons. The lowest BCUT2D eigenvalue weighted by Crippen LogP contribution is -2.44. The molecule has 28 heavy (non-hydrogen) atoms. The number of benzene rings is 1. The second-order valence-electron chi connectivity index (χ2n) is 7.96. The maximum Gasteiger partial charge on any atom is 0.226 e. The number of hydrogen-bond acceptors (Lipinski definition) is 4. The second kappa shape index (κ2) is 11.4. The van der Waals surface area contributed by atoms with Gasteiger partial charge in [0.1, 0.15) is 12.0 Å². The van der Waals surface area contributed by atoms with Gasteiger partial charge in [0.2, 0.25) is 5.89 Å². The van der Waals surface area contributed by atoms with Crippen LogP contribution < -0.4 is 10.6 Å². The molecule has 2 N–H and O–H groups in total. The summed E-state index contributed by atoms with van der Waals surface area (Å²) in [5.41, 5.74) is 3.15. The Labute approximate surface area is 186 Å². The molecule has 0 saturated carbocycles. The first-order valence-corrected chi connectivity index (χ1v) is 9.47. The fourth-order valence-electron chi connectivity index (χ4n) is 2.95. The van der Waals surface area contributed by atoms with Gasteiger partial charge in [-0.25, -0.2) is 9.98 Å². The van der Waals surface area contributed by atoms with Gasteiger partial charge < -0.3 is 20.0 Å². The number of halogens is 1. The average Bonchev–Trinajstić information content (AvgIpc) is 3.06. The van der Waals surface area contributed by atoms with Crippen molar-refractivity contribution in [3.63, 3.8) is 0 Å². The van der Waals surface area contributed by atoms with Crippen LogP contribution in [-0.2, 0) is 6.54 Å². The molecule has 0 spiro atoms. The molecule has 0 unspecified atom stereocenters. The Bertz CT molecular complexity index is 738. The Hall–Kier alpha value is -1.61. The molecule has 0 aliphatic rings. The van der Waals surface area contributed by atoms with E-state index in [1.807, 2.05) is 12.1 Å². The van der Waals surface area contributed by atoms with Crippen LogP contribution in [0.5, 0.6) is 0 Å². The van der Waals surface area contributed by atoms with Crippen LogP contribution in [0.1, 0.15) is 32.0 Å². The number of nitrogens with one attached hydrogen (secondary N) is 2. The Morgan fingerprint density at radius 2 is 1.86 bits per heavy atom. The van der Waals surface area contributed by atoms with Crippen molar-refractivity contribution in [2.45, 2.75) is 34.2 Å². The summed E-state index contributed by atoms with van der Waals surface area (Å²) >= 11 is 0. The Morgan fingerprint density at radius 3 is 2.46 bits per heavy atom. The van der Waals surface area contributed by atoms with Crippen LogP contribution in [0.25, 0.3) is 11.5 Å². The molecule has 6 nitrogen and oxygen atoms in total. The van der Waals surface area contributed by atoms with Crippen LogP contribution in [0.2, 0.25) is 0 Å². The molecule has 0 fully saturated rings. The zero-order chi connectivity index (χ0) is 19.9. The number of guanidine groups is 1. The maximum absolute atomic E-state index is 5.61. The van der Waals surface area contributed by atoms with E-state index in [0.717, 1.165) is 36.9 Å². The van der Waals surface area contributed by atoms with Crippen molar-refractivity contribution in [2.75, 3.05) is 33.7 Å². The van der Waals surface area contributed by atoms with Crippen molar-refractivity contribution in [3.8, 4) is 11.5 Å². The van der Waals surface area contributed by atoms with Crippen molar-refractivity contribution < 1.29 is 4.42 Å². The monoisotopic (exact) mass is 499 g/mol. The van der Waals surface area contributed by atoms with Crippen molar-refractivity contribution in [1.82, 2.24) is 20.5 Å². The minimum atomic E-state index is 0. The predicted molar refractivity (Wildman–Crippen MR) is 127 cm³/mol. The van der Waals surface area contributed by atoms with E-state index in [-0.39, 0.29) is 29.4 Å². The number of aromatic nitrogens is 1. The third-order valence-corrected chi connectivity index (χ3v) is 4.07. The highest BCUT2D eigenvalue weighted by Gasteiger charge is 2.19. The van der Waals surface area contributed by atoms with Gasteiger partial charge in [0.15, 0.2) is 5.96 Å². The van der Waals surface area contributed by atoms with Gasteiger partial charge >= 0.3 is 0 Å². The quantitative estimate of drug-likeness (QED) is 0.328. The number of aliphatic imine (C=N–C) groups is 1. The molecular formula is C21H34IN5O. The summed E-state index contributed by atoms with van der Waals surface area (Å²) < 4.78 is 5.61. The normalized spacial score (nSPS) is 12.0. The smallest absolute Gasteiger partial charge is 0.226 e. The molecule has 0 saturated heterocycles. The van der Waals surface area contributed by atoms with Crippen LogP contribution in [0.4, 0.5) is 0 Å². The molecule has 0 amide bonds. The third-order valence-electron chi connectivity index (χ3n) is 4.07.